The fraction of sp³-hybridized carbons (Fsp3) is 0.385. The Bertz CT molecular complexity index is 685. The Morgan fingerprint density at radius 1 is 1.35 bits per heavy atom. The summed E-state index contributed by atoms with van der Waals surface area (Å²) in [6.45, 7) is 4.68. The summed E-state index contributed by atoms with van der Waals surface area (Å²) in [6, 6.07) is 4.70. The number of benzene rings is 1. The first-order valence-corrected chi connectivity index (χ1v) is 7.57. The van der Waals surface area contributed by atoms with E-state index in [2.05, 4.69) is 0 Å². The summed E-state index contributed by atoms with van der Waals surface area (Å²) < 4.78 is 37.4. The smallest absolute Gasteiger partial charge is 0.246 e. The van der Waals surface area contributed by atoms with Crippen LogP contribution >= 0.6 is 0 Å². The van der Waals surface area contributed by atoms with Crippen molar-refractivity contribution in [1.29, 1.82) is 5.26 Å². The van der Waals surface area contributed by atoms with Crippen LogP contribution in [0.2, 0.25) is 0 Å². The van der Waals surface area contributed by atoms with Gasteiger partial charge in [0.05, 0.1) is 17.5 Å². The lowest BCUT2D eigenvalue weighted by molar-refractivity contribution is -0.124. The van der Waals surface area contributed by atoms with Crippen molar-refractivity contribution in [2.75, 3.05) is 10.6 Å². The Morgan fingerprint density at radius 2 is 1.90 bits per heavy atom. The molecule has 1 rings (SSSR count). The maximum absolute atomic E-state index is 13.1. The highest BCUT2D eigenvalue weighted by molar-refractivity contribution is 7.92. The highest BCUT2D eigenvalue weighted by atomic mass is 32.2. The largest absolute Gasteiger partial charge is 0.273 e. The molecule has 0 bridgehead atoms. The van der Waals surface area contributed by atoms with E-state index in [1.54, 1.807) is 26.8 Å². The Hall–Kier alpha value is -1.94. The van der Waals surface area contributed by atoms with E-state index in [-0.39, 0.29) is 11.3 Å². The molecule has 0 atom stereocenters. The highest BCUT2D eigenvalue weighted by Crippen LogP contribution is 2.28. The number of sulfonamides is 1. The fourth-order valence-electron chi connectivity index (χ4n) is 1.52. The van der Waals surface area contributed by atoms with Crippen LogP contribution in [0.5, 0.6) is 0 Å². The molecule has 0 saturated heterocycles. The van der Waals surface area contributed by atoms with Crippen molar-refractivity contribution in [3.8, 4) is 6.07 Å². The van der Waals surface area contributed by atoms with E-state index in [1.165, 1.54) is 0 Å². The van der Waals surface area contributed by atoms with Gasteiger partial charge < -0.3 is 0 Å². The number of carbonyl (C=O) groups is 1. The summed E-state index contributed by atoms with van der Waals surface area (Å²) >= 11 is 0. The summed E-state index contributed by atoms with van der Waals surface area (Å²) in [6.07, 6.45) is 0.862. The van der Waals surface area contributed by atoms with E-state index in [0.29, 0.717) is 4.31 Å². The second kappa shape index (κ2) is 5.21. The Kier molecular flexibility index (Phi) is 4.20. The Morgan fingerprint density at radius 3 is 2.30 bits per heavy atom. The van der Waals surface area contributed by atoms with Crippen LogP contribution in [0.1, 0.15) is 26.3 Å². The van der Waals surface area contributed by atoms with E-state index in [9.17, 15) is 17.6 Å². The summed E-state index contributed by atoms with van der Waals surface area (Å²) in [4.78, 5) is 12.3. The number of anilines is 1. The van der Waals surface area contributed by atoms with Crippen molar-refractivity contribution in [3.05, 3.63) is 29.6 Å². The van der Waals surface area contributed by atoms with Crippen molar-refractivity contribution in [1.82, 2.24) is 0 Å². The molecular weight excluding hydrogens is 283 g/mol. The topological polar surface area (TPSA) is 78.2 Å². The van der Waals surface area contributed by atoms with Crippen molar-refractivity contribution in [2.45, 2.75) is 20.8 Å². The normalized spacial score (nSPS) is 11.8. The van der Waals surface area contributed by atoms with Gasteiger partial charge in [-0.25, -0.2) is 17.1 Å². The van der Waals surface area contributed by atoms with Crippen LogP contribution in [0.15, 0.2) is 18.2 Å². The van der Waals surface area contributed by atoms with E-state index in [0.717, 1.165) is 24.5 Å². The van der Waals surface area contributed by atoms with Gasteiger partial charge in [-0.2, -0.15) is 5.26 Å². The minimum Gasteiger partial charge on any atom is -0.273 e. The SMILES string of the molecule is CC(C)(C)C(=O)N(c1ccc(F)cc1C#N)S(C)(=O)=O. The average Bonchev–Trinajstić information content (AvgIpc) is 2.28. The molecule has 1 aromatic carbocycles. The molecule has 108 valence electrons. The van der Waals surface area contributed by atoms with Gasteiger partial charge in [-0.05, 0) is 18.2 Å². The zero-order valence-corrected chi connectivity index (χ0v) is 12.5. The van der Waals surface area contributed by atoms with E-state index < -0.39 is 27.2 Å². The van der Waals surface area contributed by atoms with Crippen LogP contribution in [0.3, 0.4) is 0 Å². The molecule has 0 aliphatic heterocycles. The zero-order chi connectivity index (χ0) is 15.7. The average molecular weight is 298 g/mol. The molecule has 0 aliphatic rings. The lowest BCUT2D eigenvalue weighted by Gasteiger charge is -2.28. The molecule has 1 amide bonds. The van der Waals surface area contributed by atoms with Gasteiger partial charge in [0.15, 0.2) is 0 Å². The van der Waals surface area contributed by atoms with E-state index in [4.69, 9.17) is 5.26 Å². The molecule has 0 fully saturated rings. The number of hydrogen-bond acceptors (Lipinski definition) is 4. The number of carbonyl (C=O) groups excluding carboxylic acids is 1. The molecule has 1 aromatic rings. The second-order valence-electron chi connectivity index (χ2n) is 5.36. The third kappa shape index (κ3) is 3.33. The first-order valence-electron chi connectivity index (χ1n) is 5.73. The fourth-order valence-corrected chi connectivity index (χ4v) is 2.61. The molecule has 0 aliphatic carbocycles. The summed E-state index contributed by atoms with van der Waals surface area (Å²) in [5.41, 5.74) is -1.33. The van der Waals surface area contributed by atoms with Gasteiger partial charge >= 0.3 is 0 Å². The maximum atomic E-state index is 13.1. The molecule has 0 unspecified atom stereocenters. The molecule has 0 radical (unpaired) electrons. The molecule has 5 nitrogen and oxygen atoms in total. The van der Waals surface area contributed by atoms with Gasteiger partial charge in [0, 0.05) is 5.41 Å². The van der Waals surface area contributed by atoms with E-state index >= 15 is 0 Å². The van der Waals surface area contributed by atoms with Crippen molar-refractivity contribution in [3.63, 3.8) is 0 Å². The summed E-state index contributed by atoms with van der Waals surface area (Å²) in [5, 5.41) is 8.99. The Labute approximate surface area is 117 Å². The van der Waals surface area contributed by atoms with Crippen LogP contribution in [-0.4, -0.2) is 20.6 Å². The lowest BCUT2D eigenvalue weighted by Crippen LogP contribution is -2.43. The van der Waals surface area contributed by atoms with Crippen LogP contribution in [0.4, 0.5) is 10.1 Å². The minimum atomic E-state index is -3.94. The quantitative estimate of drug-likeness (QED) is 0.837. The lowest BCUT2D eigenvalue weighted by atomic mass is 9.95. The van der Waals surface area contributed by atoms with E-state index in [1.807, 2.05) is 0 Å². The number of nitrogens with zero attached hydrogens (tertiary/aromatic N) is 2. The van der Waals surface area contributed by atoms with Crippen LogP contribution in [0, 0.1) is 22.6 Å². The number of amides is 1. The molecule has 7 heteroatoms. The van der Waals surface area contributed by atoms with Gasteiger partial charge in [0.1, 0.15) is 11.9 Å². The number of hydrogen-bond donors (Lipinski definition) is 0. The van der Waals surface area contributed by atoms with Gasteiger partial charge in [0.2, 0.25) is 15.9 Å². The van der Waals surface area contributed by atoms with Crippen molar-refractivity contribution in [2.24, 2.45) is 5.41 Å². The van der Waals surface area contributed by atoms with Gasteiger partial charge in [-0.1, -0.05) is 20.8 Å². The zero-order valence-electron chi connectivity index (χ0n) is 11.6. The molecular formula is C13H15FN2O3S. The molecule has 0 saturated carbocycles. The standard InChI is InChI=1S/C13H15FN2O3S/c1-13(2,3)12(17)16(20(4,18)19)11-6-5-10(14)7-9(11)8-15/h5-7H,1-4H3. The van der Waals surface area contributed by atoms with Crippen LogP contribution < -0.4 is 4.31 Å². The monoisotopic (exact) mass is 298 g/mol. The van der Waals surface area contributed by atoms with Crippen molar-refractivity contribution >= 4 is 21.6 Å². The van der Waals surface area contributed by atoms with Crippen LogP contribution in [0.25, 0.3) is 0 Å². The number of rotatable bonds is 2. The van der Waals surface area contributed by atoms with Crippen molar-refractivity contribution < 1.29 is 17.6 Å². The molecule has 0 spiro atoms. The second-order valence-corrected chi connectivity index (χ2v) is 7.19. The predicted octanol–water partition coefficient (Wildman–Crippen LogP) is 2.04. The minimum absolute atomic E-state index is 0.142. The first-order chi connectivity index (χ1) is 8.98. The number of halogens is 1. The van der Waals surface area contributed by atoms with Gasteiger partial charge in [-0.3, -0.25) is 4.79 Å². The molecule has 0 aromatic heterocycles. The Balaban J connectivity index is 3.58. The third-order valence-electron chi connectivity index (χ3n) is 2.46. The first kappa shape index (κ1) is 16.1. The maximum Gasteiger partial charge on any atom is 0.246 e. The summed E-state index contributed by atoms with van der Waals surface area (Å²) in [5.74, 6) is -1.37. The molecule has 0 heterocycles. The third-order valence-corrected chi connectivity index (χ3v) is 3.48. The number of nitriles is 1. The molecule has 20 heavy (non-hydrogen) atoms. The van der Waals surface area contributed by atoms with Gasteiger partial charge in [-0.15, -0.1) is 0 Å². The van der Waals surface area contributed by atoms with Gasteiger partial charge in [0.25, 0.3) is 0 Å². The predicted molar refractivity (Wildman–Crippen MR) is 72.9 cm³/mol. The highest BCUT2D eigenvalue weighted by Gasteiger charge is 2.35. The summed E-state index contributed by atoms with van der Waals surface area (Å²) in [7, 11) is -3.94. The van der Waals surface area contributed by atoms with Crippen LogP contribution in [-0.2, 0) is 14.8 Å². The molecule has 0 N–H and O–H groups in total.